The molecular formula is C21H22N6OS3. The van der Waals surface area contributed by atoms with Crippen LogP contribution in [0.2, 0.25) is 0 Å². The number of nitrogens with zero attached hydrogens (tertiary/aromatic N) is 6. The van der Waals surface area contributed by atoms with Crippen molar-refractivity contribution in [2.45, 2.75) is 44.1 Å². The van der Waals surface area contributed by atoms with Crippen molar-refractivity contribution in [3.63, 3.8) is 0 Å². The summed E-state index contributed by atoms with van der Waals surface area (Å²) in [5, 5.41) is 17.6. The van der Waals surface area contributed by atoms with E-state index in [9.17, 15) is 4.79 Å². The zero-order valence-corrected chi connectivity index (χ0v) is 19.7. The monoisotopic (exact) mass is 470 g/mol. The van der Waals surface area contributed by atoms with Crippen LogP contribution in [0.1, 0.15) is 30.0 Å². The molecule has 10 heteroatoms. The molecule has 0 saturated heterocycles. The molecule has 31 heavy (non-hydrogen) atoms. The molecule has 0 radical (unpaired) electrons. The van der Waals surface area contributed by atoms with Gasteiger partial charge in [-0.3, -0.25) is 9.69 Å². The summed E-state index contributed by atoms with van der Waals surface area (Å²) in [6.07, 6.45) is 1.75. The largest absolute Gasteiger partial charge is 0.274 e. The number of amides is 1. The summed E-state index contributed by atoms with van der Waals surface area (Å²) in [7, 11) is 0. The summed E-state index contributed by atoms with van der Waals surface area (Å²) in [6, 6.07) is 12.1. The number of carbonyl (C=O) groups is 1. The minimum atomic E-state index is -0.0491. The number of aryl methyl sites for hydroxylation is 3. The lowest BCUT2D eigenvalue weighted by atomic mass is 10.1. The van der Waals surface area contributed by atoms with E-state index in [1.54, 1.807) is 34.9 Å². The Labute approximate surface area is 193 Å². The summed E-state index contributed by atoms with van der Waals surface area (Å²) in [6.45, 7) is 4.40. The third-order valence-electron chi connectivity index (χ3n) is 4.66. The fraction of sp³-hybridized carbons (Fsp3) is 0.286. The molecule has 1 aromatic carbocycles. The molecule has 3 aromatic heterocycles. The fourth-order valence-corrected chi connectivity index (χ4v) is 5.63. The van der Waals surface area contributed by atoms with Crippen molar-refractivity contribution < 1.29 is 4.79 Å². The van der Waals surface area contributed by atoms with Crippen LogP contribution in [0.15, 0.2) is 52.3 Å². The lowest BCUT2D eigenvalue weighted by molar-refractivity contribution is -0.115. The highest BCUT2D eigenvalue weighted by Crippen LogP contribution is 2.33. The number of rotatable bonds is 9. The number of hydrogen-bond acceptors (Lipinski definition) is 8. The van der Waals surface area contributed by atoms with Crippen molar-refractivity contribution in [3.05, 3.63) is 63.3 Å². The Morgan fingerprint density at radius 3 is 2.84 bits per heavy atom. The molecule has 4 rings (SSSR count). The number of hydrogen-bond donors (Lipinski definition) is 0. The summed E-state index contributed by atoms with van der Waals surface area (Å²) in [5.74, 6) is 0.587. The Bertz CT molecular complexity index is 1140. The van der Waals surface area contributed by atoms with E-state index in [2.05, 4.69) is 40.0 Å². The Morgan fingerprint density at radius 1 is 1.19 bits per heavy atom. The molecule has 0 spiro atoms. The molecule has 0 saturated carbocycles. The van der Waals surface area contributed by atoms with E-state index in [0.29, 0.717) is 10.9 Å². The lowest BCUT2D eigenvalue weighted by Crippen LogP contribution is -2.23. The average Bonchev–Trinajstić information content (AvgIpc) is 3.53. The van der Waals surface area contributed by atoms with Gasteiger partial charge in [-0.15, -0.1) is 27.8 Å². The van der Waals surface area contributed by atoms with E-state index in [-0.39, 0.29) is 5.91 Å². The van der Waals surface area contributed by atoms with Gasteiger partial charge in [0.2, 0.25) is 11.1 Å². The molecule has 160 valence electrons. The molecule has 4 aromatic rings. The maximum Gasteiger partial charge on any atom is 0.230 e. The second-order valence-electron chi connectivity index (χ2n) is 6.76. The number of anilines is 2. The van der Waals surface area contributed by atoms with Gasteiger partial charge in [0.1, 0.15) is 0 Å². The molecular weight excluding hydrogens is 448 g/mol. The summed E-state index contributed by atoms with van der Waals surface area (Å²) in [5.41, 5.74) is 2.91. The van der Waals surface area contributed by atoms with E-state index < -0.39 is 0 Å². The van der Waals surface area contributed by atoms with Gasteiger partial charge >= 0.3 is 0 Å². The van der Waals surface area contributed by atoms with Crippen LogP contribution in [0.5, 0.6) is 0 Å². The molecule has 0 unspecified atom stereocenters. The van der Waals surface area contributed by atoms with Crippen molar-refractivity contribution in [3.8, 4) is 0 Å². The fourth-order valence-electron chi connectivity index (χ4n) is 3.15. The summed E-state index contributed by atoms with van der Waals surface area (Å²) < 4.78 is 1.83. The normalized spacial score (nSPS) is 11.0. The van der Waals surface area contributed by atoms with Crippen LogP contribution < -0.4 is 4.90 Å². The third kappa shape index (κ3) is 5.20. The molecule has 0 aliphatic heterocycles. The molecule has 0 N–H and O–H groups in total. The third-order valence-corrected chi connectivity index (χ3v) is 7.46. The van der Waals surface area contributed by atoms with Gasteiger partial charge in [-0.1, -0.05) is 43.0 Å². The highest BCUT2D eigenvalue weighted by Gasteiger charge is 2.20. The first-order valence-corrected chi connectivity index (χ1v) is 12.6. The van der Waals surface area contributed by atoms with E-state index in [1.807, 2.05) is 34.3 Å². The van der Waals surface area contributed by atoms with Gasteiger partial charge < -0.3 is 0 Å². The van der Waals surface area contributed by atoms with Gasteiger partial charge in [0.05, 0.1) is 17.9 Å². The number of thiazole rings is 1. The quantitative estimate of drug-likeness (QED) is 0.321. The molecule has 0 fully saturated rings. The summed E-state index contributed by atoms with van der Waals surface area (Å²) >= 11 is 4.77. The van der Waals surface area contributed by atoms with Gasteiger partial charge in [0, 0.05) is 29.4 Å². The molecule has 1 amide bonds. The maximum atomic E-state index is 12.4. The molecule has 7 nitrogen and oxygen atoms in total. The molecule has 0 aliphatic carbocycles. The predicted octanol–water partition coefficient (Wildman–Crippen LogP) is 4.97. The Hall–Kier alpha value is -2.56. The number of carbonyl (C=O) groups excluding carboxylic acids is 1. The van der Waals surface area contributed by atoms with Gasteiger partial charge in [-0.25, -0.2) is 9.67 Å². The van der Waals surface area contributed by atoms with Crippen molar-refractivity contribution in [2.24, 2.45) is 0 Å². The number of tetrazole rings is 1. The van der Waals surface area contributed by atoms with Crippen LogP contribution in [0.4, 0.5) is 10.8 Å². The highest BCUT2D eigenvalue weighted by molar-refractivity contribution is 7.98. The van der Waals surface area contributed by atoms with Crippen LogP contribution in [-0.4, -0.2) is 31.1 Å². The zero-order chi connectivity index (χ0) is 21.6. The molecule has 3 heterocycles. The number of para-hydroxylation sites is 1. The number of benzene rings is 1. The minimum absolute atomic E-state index is 0.0491. The summed E-state index contributed by atoms with van der Waals surface area (Å²) in [4.78, 5) is 20.2. The predicted molar refractivity (Wildman–Crippen MR) is 126 cm³/mol. The molecule has 0 aliphatic rings. The topological polar surface area (TPSA) is 76.8 Å². The first-order chi connectivity index (χ1) is 15.2. The lowest BCUT2D eigenvalue weighted by Gasteiger charge is -2.20. The van der Waals surface area contributed by atoms with Crippen molar-refractivity contribution in [1.82, 2.24) is 25.2 Å². The minimum Gasteiger partial charge on any atom is -0.274 e. The van der Waals surface area contributed by atoms with Crippen LogP contribution in [0.3, 0.4) is 0 Å². The first kappa shape index (κ1) is 21.7. The van der Waals surface area contributed by atoms with E-state index >= 15 is 0 Å². The molecule has 0 bridgehead atoms. The zero-order valence-electron chi connectivity index (χ0n) is 17.3. The SMILES string of the molecule is CCc1ccccc1N(C(C)=O)c1nc(CSc2nnnn2CCc2cccs2)cs1. The van der Waals surface area contributed by atoms with Crippen LogP contribution in [0, 0.1) is 0 Å². The van der Waals surface area contributed by atoms with Crippen LogP contribution in [0.25, 0.3) is 0 Å². The van der Waals surface area contributed by atoms with Gasteiger partial charge in [0.25, 0.3) is 0 Å². The van der Waals surface area contributed by atoms with Crippen LogP contribution >= 0.6 is 34.4 Å². The Kier molecular flexibility index (Phi) is 7.10. The Morgan fingerprint density at radius 2 is 2.06 bits per heavy atom. The molecule has 0 atom stereocenters. The van der Waals surface area contributed by atoms with Gasteiger partial charge in [0.15, 0.2) is 5.13 Å². The second-order valence-corrected chi connectivity index (χ2v) is 9.57. The number of aromatic nitrogens is 5. The van der Waals surface area contributed by atoms with Gasteiger partial charge in [-0.05, 0) is 39.9 Å². The smallest absolute Gasteiger partial charge is 0.230 e. The van der Waals surface area contributed by atoms with Gasteiger partial charge in [-0.2, -0.15) is 0 Å². The average molecular weight is 471 g/mol. The maximum absolute atomic E-state index is 12.4. The number of thiophene rings is 1. The van der Waals surface area contributed by atoms with E-state index in [1.165, 1.54) is 16.2 Å². The van der Waals surface area contributed by atoms with Crippen LogP contribution in [-0.2, 0) is 29.9 Å². The van der Waals surface area contributed by atoms with Crippen molar-refractivity contribution >= 4 is 51.2 Å². The van der Waals surface area contributed by atoms with E-state index in [0.717, 1.165) is 41.5 Å². The van der Waals surface area contributed by atoms with E-state index in [4.69, 9.17) is 4.98 Å². The first-order valence-electron chi connectivity index (χ1n) is 9.90. The highest BCUT2D eigenvalue weighted by atomic mass is 32.2. The van der Waals surface area contributed by atoms with Crippen molar-refractivity contribution in [1.29, 1.82) is 0 Å². The standard InChI is InChI=1S/C21H22N6OS3/c1-3-16-7-4-5-9-19(16)27(15(2)28)20-22-17(13-30-20)14-31-21-23-24-25-26(21)11-10-18-8-6-12-29-18/h4-9,12-13H,3,10-11,14H2,1-2H3. The Balaban J connectivity index is 1.44. The number of thioether (sulfide) groups is 1. The second kappa shape index (κ2) is 10.2. The van der Waals surface area contributed by atoms with Crippen molar-refractivity contribution in [2.75, 3.05) is 4.90 Å².